The number of rotatable bonds is 6. The molecule has 186 valence electrons. The van der Waals surface area contributed by atoms with Crippen molar-refractivity contribution in [3.05, 3.63) is 65.7 Å². The summed E-state index contributed by atoms with van der Waals surface area (Å²) in [5.74, 6) is -0.0738. The standard InChI is InChI=1S/C27H34N4O3S/c28-19-23-12-8-14-25(18-23)31(26(29)32)27(15-6-1-2-7-16-27)24-13-9-17-30(20-24)35(33,34)21-22-10-4-3-5-11-22/h3-5,8,10-12,14,18,24H,1-2,6-7,9,13,15-17,20-21H2,(H2,29,32). The summed E-state index contributed by atoms with van der Waals surface area (Å²) in [7, 11) is -3.51. The largest absolute Gasteiger partial charge is 0.351 e. The summed E-state index contributed by atoms with van der Waals surface area (Å²) < 4.78 is 28.4. The predicted octanol–water partition coefficient (Wildman–Crippen LogP) is 4.78. The lowest BCUT2D eigenvalue weighted by molar-refractivity contribution is 0.146. The van der Waals surface area contributed by atoms with Crippen LogP contribution in [-0.4, -0.2) is 37.4 Å². The Labute approximate surface area is 208 Å². The highest BCUT2D eigenvalue weighted by Crippen LogP contribution is 2.45. The van der Waals surface area contributed by atoms with Crippen molar-refractivity contribution in [2.45, 2.75) is 62.7 Å². The van der Waals surface area contributed by atoms with Crippen molar-refractivity contribution in [2.24, 2.45) is 11.7 Å². The Morgan fingerprint density at radius 1 is 1.06 bits per heavy atom. The lowest BCUT2D eigenvalue weighted by atomic mass is 9.72. The van der Waals surface area contributed by atoms with E-state index in [4.69, 9.17) is 5.73 Å². The summed E-state index contributed by atoms with van der Waals surface area (Å²) in [5, 5.41) is 9.44. The Hall–Kier alpha value is -2.89. The molecule has 7 nitrogen and oxygen atoms in total. The van der Waals surface area contributed by atoms with Gasteiger partial charge in [0.1, 0.15) is 0 Å². The lowest BCUT2D eigenvalue weighted by Gasteiger charge is -2.51. The van der Waals surface area contributed by atoms with Crippen molar-refractivity contribution in [3.63, 3.8) is 0 Å². The number of benzene rings is 2. The molecule has 1 saturated heterocycles. The molecule has 0 bridgehead atoms. The van der Waals surface area contributed by atoms with Gasteiger partial charge in [-0.2, -0.15) is 5.26 Å². The molecule has 2 aromatic rings. The molecule has 0 spiro atoms. The predicted molar refractivity (Wildman–Crippen MR) is 137 cm³/mol. The van der Waals surface area contributed by atoms with Crippen molar-refractivity contribution in [2.75, 3.05) is 18.0 Å². The maximum absolute atomic E-state index is 13.4. The molecule has 0 radical (unpaired) electrons. The second-order valence-corrected chi connectivity index (χ2v) is 11.8. The number of carbonyl (C=O) groups excluding carboxylic acids is 1. The van der Waals surface area contributed by atoms with E-state index < -0.39 is 21.6 Å². The molecule has 1 atom stereocenters. The number of nitrogens with two attached hydrogens (primary N) is 1. The van der Waals surface area contributed by atoms with E-state index >= 15 is 0 Å². The van der Waals surface area contributed by atoms with Crippen LogP contribution in [0.15, 0.2) is 54.6 Å². The van der Waals surface area contributed by atoms with Gasteiger partial charge >= 0.3 is 6.03 Å². The highest BCUT2D eigenvalue weighted by Gasteiger charge is 2.48. The van der Waals surface area contributed by atoms with E-state index in [0.29, 0.717) is 24.3 Å². The number of piperidine rings is 1. The van der Waals surface area contributed by atoms with E-state index in [2.05, 4.69) is 6.07 Å². The number of amides is 2. The molecular weight excluding hydrogens is 460 g/mol. The van der Waals surface area contributed by atoms with Gasteiger partial charge < -0.3 is 5.73 Å². The number of carbonyl (C=O) groups is 1. The quantitative estimate of drug-likeness (QED) is 0.583. The zero-order chi connectivity index (χ0) is 24.9. The third-order valence-electron chi connectivity index (χ3n) is 7.60. The Bertz CT molecular complexity index is 1170. The van der Waals surface area contributed by atoms with Crippen LogP contribution in [0.1, 0.15) is 62.5 Å². The van der Waals surface area contributed by atoms with E-state index in [-0.39, 0.29) is 11.7 Å². The Kier molecular flexibility index (Phi) is 7.78. The average Bonchev–Trinajstić information content (AvgIpc) is 3.11. The van der Waals surface area contributed by atoms with Gasteiger partial charge in [-0.05, 0) is 55.4 Å². The summed E-state index contributed by atoms with van der Waals surface area (Å²) in [5.41, 5.74) is 7.29. The monoisotopic (exact) mass is 494 g/mol. The van der Waals surface area contributed by atoms with Gasteiger partial charge in [0, 0.05) is 18.8 Å². The zero-order valence-corrected chi connectivity index (χ0v) is 20.9. The SMILES string of the molecule is N#Cc1cccc(N(C(N)=O)C2(C3CCCN(S(=O)(=O)Cc4ccccc4)C3)CCCCCC2)c1. The van der Waals surface area contributed by atoms with Gasteiger partial charge in [0.05, 0.1) is 22.9 Å². The van der Waals surface area contributed by atoms with Crippen molar-refractivity contribution < 1.29 is 13.2 Å². The first kappa shape index (κ1) is 25.2. The third-order valence-corrected chi connectivity index (χ3v) is 9.41. The molecule has 8 heteroatoms. The number of hydrogen-bond acceptors (Lipinski definition) is 4. The van der Waals surface area contributed by atoms with Crippen molar-refractivity contribution in [1.82, 2.24) is 4.31 Å². The zero-order valence-electron chi connectivity index (χ0n) is 20.1. The second-order valence-electron chi connectivity index (χ2n) is 9.79. The van der Waals surface area contributed by atoms with Gasteiger partial charge in [0.2, 0.25) is 10.0 Å². The molecule has 35 heavy (non-hydrogen) atoms. The minimum Gasteiger partial charge on any atom is -0.351 e. The topological polar surface area (TPSA) is 108 Å². The molecular formula is C27H34N4O3S. The molecule has 2 fully saturated rings. The number of anilines is 1. The maximum atomic E-state index is 13.4. The number of primary amides is 1. The van der Waals surface area contributed by atoms with Crippen LogP contribution in [0.25, 0.3) is 0 Å². The van der Waals surface area contributed by atoms with Crippen LogP contribution < -0.4 is 10.6 Å². The van der Waals surface area contributed by atoms with Gasteiger partial charge in [-0.25, -0.2) is 17.5 Å². The van der Waals surface area contributed by atoms with Gasteiger partial charge in [-0.15, -0.1) is 0 Å². The number of nitrogens with zero attached hydrogens (tertiary/aromatic N) is 3. The second kappa shape index (κ2) is 10.8. The average molecular weight is 495 g/mol. The summed E-state index contributed by atoms with van der Waals surface area (Å²) in [6, 6.07) is 17.9. The van der Waals surface area contributed by atoms with E-state index in [1.54, 1.807) is 27.4 Å². The molecule has 1 aliphatic heterocycles. The highest BCUT2D eigenvalue weighted by atomic mass is 32.2. The fraction of sp³-hybridized carbons (Fsp3) is 0.481. The fourth-order valence-corrected chi connectivity index (χ4v) is 7.59. The van der Waals surface area contributed by atoms with Crippen LogP contribution in [-0.2, 0) is 15.8 Å². The van der Waals surface area contributed by atoms with Crippen LogP contribution in [0.5, 0.6) is 0 Å². The van der Waals surface area contributed by atoms with Gasteiger partial charge in [-0.3, -0.25) is 4.90 Å². The van der Waals surface area contributed by atoms with Crippen molar-refractivity contribution in [1.29, 1.82) is 5.26 Å². The minimum absolute atomic E-state index is 0.0304. The van der Waals surface area contributed by atoms with Crippen molar-refractivity contribution >= 4 is 21.7 Å². The van der Waals surface area contributed by atoms with Gasteiger partial charge in [0.25, 0.3) is 0 Å². The fourth-order valence-electron chi connectivity index (χ4n) is 5.98. The molecule has 0 aromatic heterocycles. The molecule has 1 unspecified atom stereocenters. The molecule has 1 heterocycles. The molecule has 4 rings (SSSR count). The molecule has 1 saturated carbocycles. The summed E-state index contributed by atoms with van der Waals surface area (Å²) in [6.45, 7) is 0.860. The number of urea groups is 1. The van der Waals surface area contributed by atoms with Crippen LogP contribution in [0.3, 0.4) is 0 Å². The number of hydrogen-bond donors (Lipinski definition) is 1. The molecule has 1 aliphatic carbocycles. The third kappa shape index (κ3) is 5.52. The van der Waals surface area contributed by atoms with Crippen LogP contribution in [0.2, 0.25) is 0 Å². The van der Waals surface area contributed by atoms with E-state index in [0.717, 1.165) is 56.9 Å². The summed E-state index contributed by atoms with van der Waals surface area (Å²) >= 11 is 0. The van der Waals surface area contributed by atoms with Crippen LogP contribution >= 0.6 is 0 Å². The maximum Gasteiger partial charge on any atom is 0.319 e. The normalized spacial score (nSPS) is 20.9. The lowest BCUT2D eigenvalue weighted by Crippen LogP contribution is -2.61. The number of sulfonamides is 1. The minimum atomic E-state index is -3.51. The molecule has 2 aliphatic rings. The first-order valence-corrected chi connectivity index (χ1v) is 14.1. The Morgan fingerprint density at radius 2 is 1.77 bits per heavy atom. The number of nitriles is 1. The molecule has 2 aromatic carbocycles. The van der Waals surface area contributed by atoms with Crippen molar-refractivity contribution in [3.8, 4) is 6.07 Å². The van der Waals surface area contributed by atoms with E-state index in [1.807, 2.05) is 36.4 Å². The van der Waals surface area contributed by atoms with E-state index in [1.165, 1.54) is 0 Å². The first-order chi connectivity index (χ1) is 16.9. The molecule has 2 N–H and O–H groups in total. The van der Waals surface area contributed by atoms with Crippen LogP contribution in [0.4, 0.5) is 10.5 Å². The Morgan fingerprint density at radius 3 is 2.43 bits per heavy atom. The van der Waals surface area contributed by atoms with Crippen LogP contribution in [0, 0.1) is 17.2 Å². The smallest absolute Gasteiger partial charge is 0.319 e. The first-order valence-electron chi connectivity index (χ1n) is 12.5. The summed E-state index contributed by atoms with van der Waals surface area (Å²) in [4.78, 5) is 14.7. The Balaban J connectivity index is 1.70. The van der Waals surface area contributed by atoms with Gasteiger partial charge in [0.15, 0.2) is 0 Å². The highest BCUT2D eigenvalue weighted by molar-refractivity contribution is 7.88. The van der Waals surface area contributed by atoms with Gasteiger partial charge in [-0.1, -0.05) is 62.1 Å². The molecule has 2 amide bonds. The van der Waals surface area contributed by atoms with E-state index in [9.17, 15) is 18.5 Å². The summed E-state index contributed by atoms with van der Waals surface area (Å²) in [6.07, 6.45) is 7.17.